The van der Waals surface area contributed by atoms with Gasteiger partial charge in [0.25, 0.3) is 0 Å². The summed E-state index contributed by atoms with van der Waals surface area (Å²) in [4.78, 5) is 0. The first kappa shape index (κ1) is 18.7. The van der Waals surface area contributed by atoms with Gasteiger partial charge in [-0.15, -0.1) is 0 Å². The Balaban J connectivity index is 1.71. The van der Waals surface area contributed by atoms with Crippen LogP contribution in [0.25, 0.3) is 0 Å². The fourth-order valence-electron chi connectivity index (χ4n) is 2.79. The second-order valence-electron chi connectivity index (χ2n) is 6.13. The molecule has 0 atom stereocenters. The van der Waals surface area contributed by atoms with E-state index >= 15 is 0 Å². The SMILES string of the molecule is O=S(=O)(Cc1ccc(F)cc1)Nc1ccc(N2CCCCS2(=O)=O)cc1. The number of hydrogen-bond donors (Lipinski definition) is 1. The zero-order valence-electron chi connectivity index (χ0n) is 13.9. The maximum Gasteiger partial charge on any atom is 0.236 e. The normalized spacial score (nSPS) is 17.0. The summed E-state index contributed by atoms with van der Waals surface area (Å²) in [7, 11) is -6.97. The summed E-state index contributed by atoms with van der Waals surface area (Å²) in [6, 6.07) is 11.5. The maximum atomic E-state index is 12.9. The first-order chi connectivity index (χ1) is 12.3. The van der Waals surface area contributed by atoms with Crippen LogP contribution in [0.2, 0.25) is 0 Å². The van der Waals surface area contributed by atoms with E-state index in [9.17, 15) is 21.2 Å². The first-order valence-corrected chi connectivity index (χ1v) is 11.4. The fraction of sp³-hybridized carbons (Fsp3) is 0.294. The Morgan fingerprint density at radius 3 is 2.27 bits per heavy atom. The van der Waals surface area contributed by atoms with E-state index in [4.69, 9.17) is 0 Å². The van der Waals surface area contributed by atoms with E-state index in [1.807, 2.05) is 0 Å². The second kappa shape index (κ2) is 7.24. The van der Waals surface area contributed by atoms with Gasteiger partial charge in [-0.25, -0.2) is 21.2 Å². The number of anilines is 2. The average Bonchev–Trinajstić information content (AvgIpc) is 2.57. The summed E-state index contributed by atoms with van der Waals surface area (Å²) in [5.74, 6) is -0.587. The minimum absolute atomic E-state index is 0.124. The molecule has 1 aliphatic heterocycles. The Hall–Kier alpha value is -2.13. The number of hydrogen-bond acceptors (Lipinski definition) is 4. The van der Waals surface area contributed by atoms with Crippen LogP contribution in [0.5, 0.6) is 0 Å². The van der Waals surface area contributed by atoms with Gasteiger partial charge < -0.3 is 0 Å². The highest BCUT2D eigenvalue weighted by atomic mass is 32.2. The van der Waals surface area contributed by atoms with Crippen molar-refractivity contribution in [2.45, 2.75) is 18.6 Å². The topological polar surface area (TPSA) is 83.6 Å². The van der Waals surface area contributed by atoms with Crippen molar-refractivity contribution >= 4 is 31.4 Å². The van der Waals surface area contributed by atoms with Crippen molar-refractivity contribution in [3.63, 3.8) is 0 Å². The highest BCUT2D eigenvalue weighted by Crippen LogP contribution is 2.25. The van der Waals surface area contributed by atoms with Crippen LogP contribution in [0.3, 0.4) is 0 Å². The zero-order chi connectivity index (χ0) is 18.8. The Kier molecular flexibility index (Phi) is 5.19. The average molecular weight is 398 g/mol. The number of nitrogens with one attached hydrogen (secondary N) is 1. The molecule has 140 valence electrons. The third-order valence-electron chi connectivity index (χ3n) is 4.05. The molecule has 1 aliphatic rings. The number of benzene rings is 2. The first-order valence-electron chi connectivity index (χ1n) is 8.11. The maximum absolute atomic E-state index is 12.9. The van der Waals surface area contributed by atoms with Crippen LogP contribution in [-0.2, 0) is 25.8 Å². The van der Waals surface area contributed by atoms with Crippen molar-refractivity contribution in [3.05, 3.63) is 59.9 Å². The fourth-order valence-corrected chi connectivity index (χ4v) is 5.63. The van der Waals surface area contributed by atoms with Crippen molar-refractivity contribution in [1.82, 2.24) is 0 Å². The molecule has 26 heavy (non-hydrogen) atoms. The Morgan fingerprint density at radius 1 is 1.00 bits per heavy atom. The lowest BCUT2D eigenvalue weighted by Crippen LogP contribution is -2.37. The van der Waals surface area contributed by atoms with Crippen LogP contribution in [-0.4, -0.2) is 29.1 Å². The van der Waals surface area contributed by atoms with Gasteiger partial charge in [0.05, 0.1) is 17.2 Å². The van der Waals surface area contributed by atoms with Gasteiger partial charge in [-0.05, 0) is 54.8 Å². The van der Waals surface area contributed by atoms with Crippen molar-refractivity contribution in [3.8, 4) is 0 Å². The van der Waals surface area contributed by atoms with E-state index in [-0.39, 0.29) is 11.5 Å². The monoisotopic (exact) mass is 398 g/mol. The van der Waals surface area contributed by atoms with Crippen LogP contribution < -0.4 is 9.03 Å². The number of sulfonamides is 2. The van der Waals surface area contributed by atoms with Crippen LogP contribution in [0.4, 0.5) is 15.8 Å². The smallest absolute Gasteiger partial charge is 0.236 e. The lowest BCUT2D eigenvalue weighted by atomic mass is 10.2. The predicted octanol–water partition coefficient (Wildman–Crippen LogP) is 2.70. The molecule has 3 rings (SSSR count). The number of rotatable bonds is 5. The highest BCUT2D eigenvalue weighted by Gasteiger charge is 2.25. The van der Waals surface area contributed by atoms with E-state index in [1.165, 1.54) is 40.7 Å². The van der Waals surface area contributed by atoms with Gasteiger partial charge in [-0.1, -0.05) is 12.1 Å². The highest BCUT2D eigenvalue weighted by molar-refractivity contribution is 7.92. The molecule has 0 saturated carbocycles. The molecule has 2 aromatic carbocycles. The summed E-state index contributed by atoms with van der Waals surface area (Å²) in [5.41, 5.74) is 1.33. The lowest BCUT2D eigenvalue weighted by Gasteiger charge is -2.28. The predicted molar refractivity (Wildman–Crippen MR) is 99.5 cm³/mol. The van der Waals surface area contributed by atoms with Crippen LogP contribution in [0.15, 0.2) is 48.5 Å². The standard InChI is InChI=1S/C17H19FN2O4S2/c18-15-5-3-14(4-6-15)13-25(21,22)19-16-7-9-17(10-8-16)20-11-1-2-12-26(20,23)24/h3-10,19H,1-2,11-13H2. The van der Waals surface area contributed by atoms with Crippen molar-refractivity contribution < 1.29 is 21.2 Å². The molecular weight excluding hydrogens is 379 g/mol. The van der Waals surface area contributed by atoms with Gasteiger partial charge in [0.15, 0.2) is 0 Å². The minimum Gasteiger partial charge on any atom is -0.283 e. The molecule has 6 nitrogen and oxygen atoms in total. The Morgan fingerprint density at radius 2 is 1.65 bits per heavy atom. The van der Waals surface area contributed by atoms with E-state index in [0.717, 1.165) is 6.42 Å². The molecule has 0 unspecified atom stereocenters. The van der Waals surface area contributed by atoms with Gasteiger partial charge in [-0.2, -0.15) is 0 Å². The van der Waals surface area contributed by atoms with Gasteiger partial charge in [0.1, 0.15) is 5.82 Å². The van der Waals surface area contributed by atoms with E-state index in [2.05, 4.69) is 4.72 Å². The van der Waals surface area contributed by atoms with Gasteiger partial charge in [0.2, 0.25) is 20.0 Å². The van der Waals surface area contributed by atoms with Crippen molar-refractivity contribution in [1.29, 1.82) is 0 Å². The molecule has 2 aromatic rings. The van der Waals surface area contributed by atoms with Crippen LogP contribution >= 0.6 is 0 Å². The summed E-state index contributed by atoms with van der Waals surface area (Å²) in [6.07, 6.45) is 1.45. The summed E-state index contributed by atoms with van der Waals surface area (Å²) in [6.45, 7) is 0.429. The molecular formula is C17H19FN2O4S2. The Bertz CT molecular complexity index is 972. The van der Waals surface area contributed by atoms with Gasteiger partial charge in [0, 0.05) is 12.2 Å². The van der Waals surface area contributed by atoms with E-state index in [0.29, 0.717) is 29.9 Å². The zero-order valence-corrected chi connectivity index (χ0v) is 15.6. The van der Waals surface area contributed by atoms with Gasteiger partial charge in [-0.3, -0.25) is 9.03 Å². The summed E-state index contributed by atoms with van der Waals surface area (Å²) in [5, 5.41) is 0. The van der Waals surface area contributed by atoms with Gasteiger partial charge >= 0.3 is 0 Å². The minimum atomic E-state index is -3.67. The Labute approximate surface area is 152 Å². The van der Waals surface area contributed by atoms with E-state index < -0.39 is 25.9 Å². The molecule has 1 saturated heterocycles. The van der Waals surface area contributed by atoms with E-state index in [1.54, 1.807) is 12.1 Å². The third-order valence-corrected chi connectivity index (χ3v) is 7.18. The van der Waals surface area contributed by atoms with Crippen molar-refractivity contribution in [2.75, 3.05) is 21.3 Å². The summed E-state index contributed by atoms with van der Waals surface area (Å²) < 4.78 is 65.4. The molecule has 0 aromatic heterocycles. The molecule has 0 bridgehead atoms. The largest absolute Gasteiger partial charge is 0.283 e. The quantitative estimate of drug-likeness (QED) is 0.839. The molecule has 1 heterocycles. The summed E-state index contributed by atoms with van der Waals surface area (Å²) >= 11 is 0. The second-order valence-corrected chi connectivity index (χ2v) is 9.86. The molecule has 0 amide bonds. The molecule has 1 N–H and O–H groups in total. The molecule has 9 heteroatoms. The molecule has 1 fully saturated rings. The molecule has 0 radical (unpaired) electrons. The molecule has 0 spiro atoms. The number of nitrogens with zero attached hydrogens (tertiary/aromatic N) is 1. The van der Waals surface area contributed by atoms with Crippen LogP contribution in [0, 0.1) is 5.82 Å². The lowest BCUT2D eigenvalue weighted by molar-refractivity contribution is 0.574. The molecule has 0 aliphatic carbocycles. The third kappa shape index (κ3) is 4.53. The van der Waals surface area contributed by atoms with Crippen molar-refractivity contribution in [2.24, 2.45) is 0 Å². The number of halogens is 1. The van der Waals surface area contributed by atoms with Crippen LogP contribution in [0.1, 0.15) is 18.4 Å².